The highest BCUT2D eigenvalue weighted by molar-refractivity contribution is 9.10. The van der Waals surface area contributed by atoms with Gasteiger partial charge in [0.25, 0.3) is 0 Å². The highest BCUT2D eigenvalue weighted by Crippen LogP contribution is 2.36. The van der Waals surface area contributed by atoms with Crippen LogP contribution in [0.15, 0.2) is 34.8 Å². The van der Waals surface area contributed by atoms with Crippen molar-refractivity contribution in [2.45, 2.75) is 46.4 Å². The first-order chi connectivity index (χ1) is 15.0. The van der Waals surface area contributed by atoms with Gasteiger partial charge in [-0.15, -0.1) is 0 Å². The predicted octanol–water partition coefficient (Wildman–Crippen LogP) is 6.13. The number of ether oxygens (including phenoxy) is 2. The van der Waals surface area contributed by atoms with Crippen molar-refractivity contribution in [1.29, 1.82) is 0 Å². The van der Waals surface area contributed by atoms with Gasteiger partial charge in [-0.1, -0.05) is 63.6 Å². The van der Waals surface area contributed by atoms with Crippen LogP contribution >= 0.6 is 39.1 Å². The lowest BCUT2D eigenvalue weighted by Gasteiger charge is -2.16. The molecule has 10 heteroatoms. The smallest absolute Gasteiger partial charge is 0.243 e. The van der Waals surface area contributed by atoms with Crippen LogP contribution in [0.4, 0.5) is 5.95 Å². The van der Waals surface area contributed by atoms with Crippen molar-refractivity contribution in [3.8, 4) is 11.5 Å². The Hall–Kier alpha value is -2.03. The molecule has 7 nitrogen and oxygen atoms in total. The van der Waals surface area contributed by atoms with E-state index in [1.54, 1.807) is 22.9 Å². The molecule has 1 aromatic heterocycles. The maximum absolute atomic E-state index is 6.26. The van der Waals surface area contributed by atoms with E-state index in [9.17, 15) is 0 Å². The fraction of sp³-hybridized carbons (Fsp3) is 0.381. The number of unbranched alkanes of at least 4 members (excludes halogenated alkanes) is 1. The number of nitrogens with one attached hydrogen (secondary N) is 1. The third-order valence-corrected chi connectivity index (χ3v) is 5.99. The molecule has 31 heavy (non-hydrogen) atoms. The Morgan fingerprint density at radius 1 is 1.10 bits per heavy atom. The molecule has 1 heterocycles. The molecule has 0 saturated heterocycles. The number of rotatable bonds is 11. The van der Waals surface area contributed by atoms with Crippen LogP contribution in [-0.2, 0) is 19.7 Å². The van der Waals surface area contributed by atoms with Gasteiger partial charge in [-0.05, 0) is 53.6 Å². The summed E-state index contributed by atoms with van der Waals surface area (Å²) in [4.78, 5) is 0. The Kier molecular flexibility index (Phi) is 8.80. The molecule has 0 bridgehead atoms. The molecule has 0 spiro atoms. The topological polar surface area (TPSA) is 74.1 Å². The lowest BCUT2D eigenvalue weighted by molar-refractivity contribution is 0.269. The average molecular weight is 529 g/mol. The molecule has 0 aliphatic rings. The summed E-state index contributed by atoms with van der Waals surface area (Å²) in [5.74, 6) is 1.87. The van der Waals surface area contributed by atoms with E-state index in [-0.39, 0.29) is 6.61 Å². The van der Waals surface area contributed by atoms with Crippen molar-refractivity contribution < 1.29 is 9.47 Å². The summed E-state index contributed by atoms with van der Waals surface area (Å²) in [6, 6.07) is 9.19. The van der Waals surface area contributed by atoms with Crippen LogP contribution in [-0.4, -0.2) is 26.8 Å². The van der Waals surface area contributed by atoms with Crippen LogP contribution in [0.1, 0.15) is 37.8 Å². The van der Waals surface area contributed by atoms with E-state index in [1.807, 2.05) is 19.1 Å². The second-order valence-electron chi connectivity index (χ2n) is 6.74. The van der Waals surface area contributed by atoms with Gasteiger partial charge >= 0.3 is 0 Å². The predicted molar refractivity (Wildman–Crippen MR) is 126 cm³/mol. The van der Waals surface area contributed by atoms with E-state index in [0.29, 0.717) is 40.6 Å². The standard InChI is InChI=1S/C21H24BrCl2N5O2/c1-3-5-9-29-21(26-27-28-29)25-12-14-10-19(30-4-2)20(11-16(14)22)31-13-15-17(23)7-6-8-18(15)24/h6-8,10-11H,3-5,9,12-13H2,1-2H3,(H,25,26,28). The Morgan fingerprint density at radius 3 is 2.55 bits per heavy atom. The summed E-state index contributed by atoms with van der Waals surface area (Å²) in [7, 11) is 0. The van der Waals surface area contributed by atoms with Crippen LogP contribution < -0.4 is 14.8 Å². The molecule has 0 aliphatic carbocycles. The van der Waals surface area contributed by atoms with Gasteiger partial charge in [-0.3, -0.25) is 0 Å². The van der Waals surface area contributed by atoms with Crippen LogP contribution in [0.25, 0.3) is 0 Å². The maximum Gasteiger partial charge on any atom is 0.243 e. The molecule has 0 amide bonds. The zero-order valence-corrected chi connectivity index (χ0v) is 20.5. The van der Waals surface area contributed by atoms with Gasteiger partial charge in [-0.2, -0.15) is 0 Å². The number of aromatic nitrogens is 4. The second-order valence-corrected chi connectivity index (χ2v) is 8.41. The number of anilines is 1. The SMILES string of the molecule is CCCCn1nnnc1NCc1cc(OCC)c(OCc2c(Cl)cccc2Cl)cc1Br. The number of hydrogen-bond donors (Lipinski definition) is 1. The van der Waals surface area contributed by atoms with Crippen molar-refractivity contribution in [2.24, 2.45) is 0 Å². The fourth-order valence-corrected chi connectivity index (χ4v) is 3.85. The van der Waals surface area contributed by atoms with Gasteiger partial charge in [0.05, 0.1) is 6.61 Å². The molecule has 0 atom stereocenters. The first-order valence-corrected chi connectivity index (χ1v) is 11.6. The van der Waals surface area contributed by atoms with Crippen LogP contribution in [0.5, 0.6) is 11.5 Å². The summed E-state index contributed by atoms with van der Waals surface area (Å²) < 4.78 is 14.5. The van der Waals surface area contributed by atoms with Crippen LogP contribution in [0.2, 0.25) is 10.0 Å². The van der Waals surface area contributed by atoms with Crippen molar-refractivity contribution in [2.75, 3.05) is 11.9 Å². The van der Waals surface area contributed by atoms with Crippen LogP contribution in [0.3, 0.4) is 0 Å². The number of tetrazole rings is 1. The van der Waals surface area contributed by atoms with Gasteiger partial charge in [0.1, 0.15) is 6.61 Å². The zero-order valence-electron chi connectivity index (χ0n) is 17.4. The van der Waals surface area contributed by atoms with Gasteiger partial charge in [0.2, 0.25) is 5.95 Å². The van der Waals surface area contributed by atoms with Crippen LogP contribution in [0, 0.1) is 0 Å². The van der Waals surface area contributed by atoms with E-state index in [0.717, 1.165) is 35.0 Å². The molecule has 166 valence electrons. The highest BCUT2D eigenvalue weighted by Gasteiger charge is 2.14. The van der Waals surface area contributed by atoms with E-state index >= 15 is 0 Å². The molecule has 0 fully saturated rings. The molecule has 0 saturated carbocycles. The Bertz CT molecular complexity index is 995. The number of nitrogens with zero attached hydrogens (tertiary/aromatic N) is 4. The Morgan fingerprint density at radius 2 is 1.84 bits per heavy atom. The normalized spacial score (nSPS) is 10.9. The molecule has 2 aromatic carbocycles. The van der Waals surface area contributed by atoms with Crippen molar-refractivity contribution in [3.63, 3.8) is 0 Å². The first-order valence-electron chi connectivity index (χ1n) is 10.0. The molecule has 3 rings (SSSR count). The minimum atomic E-state index is 0.231. The summed E-state index contributed by atoms with van der Waals surface area (Å²) in [5, 5.41) is 16.3. The van der Waals surface area contributed by atoms with Gasteiger partial charge in [0.15, 0.2) is 11.5 Å². The van der Waals surface area contributed by atoms with Gasteiger partial charge in [0, 0.05) is 33.2 Å². The summed E-state index contributed by atoms with van der Waals surface area (Å²) in [5.41, 5.74) is 1.71. The zero-order chi connectivity index (χ0) is 22.2. The number of aryl methyl sites for hydroxylation is 1. The summed E-state index contributed by atoms with van der Waals surface area (Å²) >= 11 is 16.1. The fourth-order valence-electron chi connectivity index (χ4n) is 2.88. The lowest BCUT2D eigenvalue weighted by Crippen LogP contribution is -2.10. The quantitative estimate of drug-likeness (QED) is 0.322. The third kappa shape index (κ3) is 6.24. The Balaban J connectivity index is 1.75. The molecule has 0 unspecified atom stereocenters. The van der Waals surface area contributed by atoms with Crippen molar-refractivity contribution >= 4 is 45.1 Å². The number of hydrogen-bond acceptors (Lipinski definition) is 6. The minimum Gasteiger partial charge on any atom is -0.490 e. The molecule has 0 radical (unpaired) electrons. The maximum atomic E-state index is 6.26. The van der Waals surface area contributed by atoms with E-state index in [1.165, 1.54) is 0 Å². The van der Waals surface area contributed by atoms with E-state index in [4.69, 9.17) is 32.7 Å². The number of benzene rings is 2. The highest BCUT2D eigenvalue weighted by atomic mass is 79.9. The second kappa shape index (κ2) is 11.5. The van der Waals surface area contributed by atoms with Gasteiger partial charge in [-0.25, -0.2) is 4.68 Å². The first kappa shape index (κ1) is 23.6. The van der Waals surface area contributed by atoms with Gasteiger partial charge < -0.3 is 14.8 Å². The monoisotopic (exact) mass is 527 g/mol. The van der Waals surface area contributed by atoms with Crippen molar-refractivity contribution in [1.82, 2.24) is 20.2 Å². The van der Waals surface area contributed by atoms with E-state index < -0.39 is 0 Å². The lowest BCUT2D eigenvalue weighted by atomic mass is 10.2. The summed E-state index contributed by atoms with van der Waals surface area (Å²) in [6.45, 7) is 6.09. The Labute approximate surface area is 200 Å². The van der Waals surface area contributed by atoms with E-state index in [2.05, 4.69) is 43.7 Å². The molecule has 1 N–H and O–H groups in total. The third-order valence-electron chi connectivity index (χ3n) is 4.54. The number of halogens is 3. The minimum absolute atomic E-state index is 0.231. The molecular weight excluding hydrogens is 505 g/mol. The van der Waals surface area contributed by atoms with Crippen molar-refractivity contribution in [3.05, 3.63) is 56.0 Å². The largest absolute Gasteiger partial charge is 0.490 e. The summed E-state index contributed by atoms with van der Waals surface area (Å²) in [6.07, 6.45) is 2.09. The molecular formula is C21H24BrCl2N5O2. The average Bonchev–Trinajstić information content (AvgIpc) is 3.20. The molecule has 3 aromatic rings. The molecule has 0 aliphatic heterocycles.